The van der Waals surface area contributed by atoms with Crippen molar-refractivity contribution in [3.63, 3.8) is 0 Å². The fourth-order valence-electron chi connectivity index (χ4n) is 1.92. The average molecular weight is 288 g/mol. The van der Waals surface area contributed by atoms with E-state index in [9.17, 15) is 4.79 Å². The van der Waals surface area contributed by atoms with Gasteiger partial charge in [0.1, 0.15) is 5.65 Å². The zero-order chi connectivity index (χ0) is 14.1. The first-order valence-electron chi connectivity index (χ1n) is 5.98. The number of aryl methyl sites for hydroxylation is 2. The van der Waals surface area contributed by atoms with Gasteiger partial charge in [-0.05, 0) is 29.5 Å². The highest BCUT2D eigenvalue weighted by Gasteiger charge is 2.07. The summed E-state index contributed by atoms with van der Waals surface area (Å²) in [5, 5.41) is 11.9. The predicted molar refractivity (Wildman–Crippen MR) is 74.6 cm³/mol. The number of fused-ring (bicyclic) bond motifs is 1. The molecule has 0 aliphatic rings. The molecule has 3 aromatic heterocycles. The van der Waals surface area contributed by atoms with Gasteiger partial charge in [-0.1, -0.05) is 17.8 Å². The molecule has 0 aliphatic carbocycles. The zero-order valence-electron chi connectivity index (χ0n) is 11.0. The molecule has 0 aromatic carbocycles. The van der Waals surface area contributed by atoms with E-state index in [1.807, 2.05) is 25.1 Å². The van der Waals surface area contributed by atoms with Crippen molar-refractivity contribution in [3.8, 4) is 0 Å². The summed E-state index contributed by atoms with van der Waals surface area (Å²) in [7, 11) is 1.77. The van der Waals surface area contributed by atoms with Crippen molar-refractivity contribution in [1.82, 2.24) is 29.6 Å². The second-order valence-electron chi connectivity index (χ2n) is 4.32. The first kappa shape index (κ1) is 12.8. The monoisotopic (exact) mass is 288 g/mol. The summed E-state index contributed by atoms with van der Waals surface area (Å²) in [4.78, 5) is 16.6. The minimum Gasteiger partial charge on any atom is -0.269 e. The molecule has 3 heterocycles. The number of nitrogens with zero attached hydrogens (tertiary/aromatic N) is 6. The summed E-state index contributed by atoms with van der Waals surface area (Å²) >= 11 is 1.44. The molecule has 8 heteroatoms. The van der Waals surface area contributed by atoms with Crippen molar-refractivity contribution in [2.24, 2.45) is 7.05 Å². The lowest BCUT2D eigenvalue weighted by Crippen LogP contribution is -2.17. The first-order chi connectivity index (χ1) is 9.65. The van der Waals surface area contributed by atoms with Crippen LogP contribution in [-0.2, 0) is 12.8 Å². The van der Waals surface area contributed by atoms with Crippen molar-refractivity contribution in [3.05, 3.63) is 46.0 Å². The van der Waals surface area contributed by atoms with Crippen LogP contribution in [-0.4, -0.2) is 29.6 Å². The maximum atomic E-state index is 12.1. The molecular formula is C12H12N6OS. The maximum absolute atomic E-state index is 12.1. The Kier molecular flexibility index (Phi) is 3.23. The Bertz CT molecular complexity index is 824. The Hall–Kier alpha value is -2.22. The van der Waals surface area contributed by atoms with Gasteiger partial charge in [0.05, 0.1) is 5.69 Å². The summed E-state index contributed by atoms with van der Waals surface area (Å²) in [6, 6.07) is 7.15. The van der Waals surface area contributed by atoms with Crippen LogP contribution in [0.5, 0.6) is 0 Å². The topological polar surface area (TPSA) is 78.0 Å². The molecule has 0 radical (unpaired) electrons. The Labute approximate surface area is 118 Å². The van der Waals surface area contributed by atoms with Crippen LogP contribution in [0.4, 0.5) is 0 Å². The lowest BCUT2D eigenvalue weighted by Gasteiger charge is -2.05. The van der Waals surface area contributed by atoms with Crippen LogP contribution >= 0.6 is 11.8 Å². The van der Waals surface area contributed by atoms with Crippen molar-refractivity contribution >= 4 is 17.4 Å². The van der Waals surface area contributed by atoms with Crippen molar-refractivity contribution in [1.29, 1.82) is 0 Å². The highest BCUT2D eigenvalue weighted by molar-refractivity contribution is 7.98. The normalized spacial score (nSPS) is 11.1. The number of hydrogen-bond acceptors (Lipinski definition) is 6. The molecule has 0 unspecified atom stereocenters. The van der Waals surface area contributed by atoms with Gasteiger partial charge in [0.2, 0.25) is 5.16 Å². The zero-order valence-corrected chi connectivity index (χ0v) is 11.8. The highest BCUT2D eigenvalue weighted by Crippen LogP contribution is 2.17. The van der Waals surface area contributed by atoms with Gasteiger partial charge in [0.25, 0.3) is 5.56 Å². The van der Waals surface area contributed by atoms with Crippen LogP contribution in [0.2, 0.25) is 0 Å². The van der Waals surface area contributed by atoms with Gasteiger partial charge >= 0.3 is 0 Å². The van der Waals surface area contributed by atoms with Crippen molar-refractivity contribution in [2.75, 3.05) is 0 Å². The van der Waals surface area contributed by atoms with Gasteiger partial charge in [0.15, 0.2) is 0 Å². The molecule has 0 atom stereocenters. The fourth-order valence-corrected chi connectivity index (χ4v) is 2.66. The molecule has 0 fully saturated rings. The van der Waals surface area contributed by atoms with E-state index in [1.165, 1.54) is 11.8 Å². The Morgan fingerprint density at radius 3 is 2.95 bits per heavy atom. The maximum Gasteiger partial charge on any atom is 0.258 e. The van der Waals surface area contributed by atoms with E-state index in [0.29, 0.717) is 22.3 Å². The number of hydrogen-bond donors (Lipinski definition) is 0. The molecule has 0 saturated heterocycles. The van der Waals surface area contributed by atoms with Gasteiger partial charge in [-0.25, -0.2) is 9.67 Å². The van der Waals surface area contributed by atoms with Gasteiger partial charge in [-0.3, -0.25) is 9.20 Å². The van der Waals surface area contributed by atoms with E-state index >= 15 is 0 Å². The summed E-state index contributed by atoms with van der Waals surface area (Å²) in [5.74, 6) is 0.549. The third-order valence-electron chi connectivity index (χ3n) is 2.86. The molecule has 20 heavy (non-hydrogen) atoms. The largest absolute Gasteiger partial charge is 0.269 e. The van der Waals surface area contributed by atoms with Crippen molar-refractivity contribution < 1.29 is 0 Å². The first-order valence-corrected chi connectivity index (χ1v) is 6.97. The molecule has 0 N–H and O–H groups in total. The second-order valence-corrected chi connectivity index (χ2v) is 5.26. The van der Waals surface area contributed by atoms with Gasteiger partial charge in [0, 0.05) is 24.6 Å². The van der Waals surface area contributed by atoms with Gasteiger partial charge in [-0.15, -0.1) is 5.10 Å². The number of tetrazole rings is 1. The molecule has 0 saturated carbocycles. The van der Waals surface area contributed by atoms with E-state index in [-0.39, 0.29) is 5.56 Å². The fraction of sp³-hybridized carbons (Fsp3) is 0.250. The molecule has 0 amide bonds. The lowest BCUT2D eigenvalue weighted by atomic mass is 10.3. The highest BCUT2D eigenvalue weighted by atomic mass is 32.2. The Balaban J connectivity index is 1.93. The smallest absolute Gasteiger partial charge is 0.258 e. The third kappa shape index (κ3) is 2.29. The third-order valence-corrected chi connectivity index (χ3v) is 3.91. The molecule has 102 valence electrons. The van der Waals surface area contributed by atoms with E-state index < -0.39 is 0 Å². The Morgan fingerprint density at radius 1 is 1.35 bits per heavy atom. The number of aromatic nitrogens is 6. The van der Waals surface area contributed by atoms with E-state index in [0.717, 1.165) is 5.69 Å². The minimum atomic E-state index is -0.0696. The number of rotatable bonds is 3. The second kappa shape index (κ2) is 5.04. The van der Waals surface area contributed by atoms with Crippen molar-refractivity contribution in [2.45, 2.75) is 17.8 Å². The summed E-state index contributed by atoms with van der Waals surface area (Å²) in [6.07, 6.45) is 0. The summed E-state index contributed by atoms with van der Waals surface area (Å²) < 4.78 is 3.18. The average Bonchev–Trinajstić information content (AvgIpc) is 2.81. The summed E-state index contributed by atoms with van der Waals surface area (Å²) in [6.45, 7) is 1.88. The number of thioether (sulfide) groups is 1. The number of pyridine rings is 1. The van der Waals surface area contributed by atoms with Crippen LogP contribution in [0.25, 0.3) is 5.65 Å². The van der Waals surface area contributed by atoms with Crippen LogP contribution in [0.1, 0.15) is 11.4 Å². The quantitative estimate of drug-likeness (QED) is 0.664. The molecule has 0 bridgehead atoms. The Morgan fingerprint density at radius 2 is 2.20 bits per heavy atom. The molecule has 3 aromatic rings. The molecule has 3 rings (SSSR count). The van der Waals surface area contributed by atoms with Crippen LogP contribution < -0.4 is 5.56 Å². The van der Waals surface area contributed by atoms with Crippen LogP contribution in [0, 0.1) is 6.92 Å². The van der Waals surface area contributed by atoms with E-state index in [1.54, 1.807) is 22.2 Å². The minimum absolute atomic E-state index is 0.0696. The predicted octanol–water partition coefficient (Wildman–Crippen LogP) is 0.819. The molecule has 0 spiro atoms. The SMILES string of the molecule is Cc1cccc2nc(CSc3nnnn3C)cc(=O)n12. The molecule has 0 aliphatic heterocycles. The molecular weight excluding hydrogens is 276 g/mol. The molecule has 7 nitrogen and oxygen atoms in total. The lowest BCUT2D eigenvalue weighted by molar-refractivity contribution is 0.664. The van der Waals surface area contributed by atoms with Gasteiger partial charge in [-0.2, -0.15) is 0 Å². The standard InChI is InChI=1S/C12H12N6OS/c1-8-4-3-5-10-13-9(6-11(19)18(8)10)7-20-12-14-15-16-17(12)2/h3-6H,7H2,1-2H3. The van der Waals surface area contributed by atoms with Crippen LogP contribution in [0.15, 0.2) is 34.2 Å². The van der Waals surface area contributed by atoms with Crippen LogP contribution in [0.3, 0.4) is 0 Å². The van der Waals surface area contributed by atoms with E-state index in [4.69, 9.17) is 0 Å². The van der Waals surface area contributed by atoms with E-state index in [2.05, 4.69) is 20.5 Å². The van der Waals surface area contributed by atoms with Gasteiger partial charge < -0.3 is 0 Å². The summed E-state index contributed by atoms with van der Waals surface area (Å²) in [5.41, 5.74) is 2.18.